The largest absolute Gasteiger partial charge is 0.496 e. The summed E-state index contributed by atoms with van der Waals surface area (Å²) in [7, 11) is 3.06. The maximum absolute atomic E-state index is 12.5. The summed E-state index contributed by atoms with van der Waals surface area (Å²) in [6.07, 6.45) is -0.306. The van der Waals surface area contributed by atoms with E-state index in [-0.39, 0.29) is 12.5 Å². The van der Waals surface area contributed by atoms with Crippen LogP contribution in [0.2, 0.25) is 0 Å². The molecular weight excluding hydrogens is 428 g/mol. The fraction of sp³-hybridized carbons (Fsp3) is 0.400. The Morgan fingerprint density at radius 3 is 2.33 bits per heavy atom. The highest BCUT2D eigenvalue weighted by molar-refractivity contribution is 5.89. The van der Waals surface area contributed by atoms with E-state index in [0.29, 0.717) is 18.7 Å². The van der Waals surface area contributed by atoms with Gasteiger partial charge in [-0.15, -0.1) is 0 Å². The van der Waals surface area contributed by atoms with Gasteiger partial charge in [0.2, 0.25) is 0 Å². The summed E-state index contributed by atoms with van der Waals surface area (Å²) in [6, 6.07) is 13.0. The second kappa shape index (κ2) is 11.8. The van der Waals surface area contributed by atoms with Gasteiger partial charge in [0.25, 0.3) is 6.43 Å². The van der Waals surface area contributed by atoms with Crippen LogP contribution in [0.5, 0.6) is 5.75 Å². The molecule has 2 heterocycles. The first kappa shape index (κ1) is 24.7. The molecule has 3 aromatic rings. The number of carbonyl (C=O) groups is 1. The Labute approximate surface area is 193 Å². The molecule has 4 rings (SSSR count). The molecule has 6 nitrogen and oxygen atoms in total. The van der Waals surface area contributed by atoms with E-state index < -0.39 is 6.43 Å². The average Bonchev–Trinajstić information content (AvgIpc) is 3.33. The van der Waals surface area contributed by atoms with Gasteiger partial charge in [0.15, 0.2) is 0 Å². The summed E-state index contributed by atoms with van der Waals surface area (Å²) < 4.78 is 35.0. The van der Waals surface area contributed by atoms with Crippen molar-refractivity contribution >= 4 is 16.9 Å². The third kappa shape index (κ3) is 6.52. The maximum Gasteiger partial charge on any atom is 0.337 e. The van der Waals surface area contributed by atoms with Crippen LogP contribution in [-0.2, 0) is 11.3 Å². The monoisotopic (exact) mass is 459 g/mol. The van der Waals surface area contributed by atoms with Crippen LogP contribution in [0.15, 0.2) is 48.7 Å². The number of alkyl halides is 2. The Morgan fingerprint density at radius 2 is 1.73 bits per heavy atom. The number of methoxy groups -OCH3 is 2. The van der Waals surface area contributed by atoms with Crippen LogP contribution in [0.3, 0.4) is 0 Å². The minimum atomic E-state index is -2.25. The highest BCUT2D eigenvalue weighted by Crippen LogP contribution is 2.31. The zero-order valence-corrected chi connectivity index (χ0v) is 19.3. The molecule has 0 saturated carbocycles. The Balaban J connectivity index is 0.000000257. The molecule has 0 radical (unpaired) electrons. The number of piperazine rings is 1. The molecule has 1 saturated heterocycles. The van der Waals surface area contributed by atoms with E-state index in [1.165, 1.54) is 12.5 Å². The quantitative estimate of drug-likeness (QED) is 0.556. The fourth-order valence-corrected chi connectivity index (χ4v) is 4.02. The number of nitrogens with zero attached hydrogens (tertiary/aromatic N) is 2. The topological polar surface area (TPSA) is 57.8 Å². The summed E-state index contributed by atoms with van der Waals surface area (Å²) in [5.41, 5.74) is 4.05. The number of rotatable bonds is 6. The fourth-order valence-electron chi connectivity index (χ4n) is 4.02. The van der Waals surface area contributed by atoms with E-state index in [4.69, 9.17) is 4.74 Å². The van der Waals surface area contributed by atoms with E-state index in [1.54, 1.807) is 31.4 Å². The van der Waals surface area contributed by atoms with Crippen molar-refractivity contribution in [1.29, 1.82) is 0 Å². The molecule has 1 N–H and O–H groups in total. The van der Waals surface area contributed by atoms with Gasteiger partial charge in [0, 0.05) is 55.4 Å². The minimum Gasteiger partial charge on any atom is -0.496 e. The normalized spacial score (nSPS) is 14.7. The van der Waals surface area contributed by atoms with E-state index in [9.17, 15) is 13.6 Å². The molecule has 2 aromatic carbocycles. The van der Waals surface area contributed by atoms with Crippen molar-refractivity contribution in [2.75, 3.05) is 46.9 Å². The number of benzene rings is 2. The third-order valence-corrected chi connectivity index (χ3v) is 5.77. The molecule has 1 aliphatic rings. The van der Waals surface area contributed by atoms with Crippen molar-refractivity contribution < 1.29 is 23.0 Å². The molecule has 0 amide bonds. The number of aryl methyl sites for hydroxylation is 1. The second-order valence-corrected chi connectivity index (χ2v) is 7.97. The van der Waals surface area contributed by atoms with Gasteiger partial charge in [-0.05, 0) is 36.8 Å². The number of halogens is 2. The van der Waals surface area contributed by atoms with E-state index >= 15 is 0 Å². The Bertz CT molecular complexity index is 1030. The molecule has 1 aliphatic heterocycles. The number of aromatic nitrogens is 1. The lowest BCUT2D eigenvalue weighted by molar-refractivity contribution is 0.0542. The summed E-state index contributed by atoms with van der Waals surface area (Å²) >= 11 is 0. The molecule has 1 aromatic heterocycles. The van der Waals surface area contributed by atoms with Crippen molar-refractivity contribution in [1.82, 2.24) is 14.8 Å². The van der Waals surface area contributed by atoms with Gasteiger partial charge < -0.3 is 14.5 Å². The second-order valence-electron chi connectivity index (χ2n) is 7.97. The first-order chi connectivity index (χ1) is 15.9. The van der Waals surface area contributed by atoms with Crippen molar-refractivity contribution in [3.63, 3.8) is 0 Å². The number of esters is 1. The summed E-state index contributed by atoms with van der Waals surface area (Å²) in [5.74, 6) is 0.602. The molecular formula is C25H31F2N3O3. The molecule has 1 fully saturated rings. The lowest BCUT2D eigenvalue weighted by atomic mass is 10.0. The van der Waals surface area contributed by atoms with Crippen LogP contribution in [-0.4, -0.2) is 74.1 Å². The number of nitrogens with one attached hydrogen (secondary N) is 1. The number of H-pyrrole nitrogens is 1. The van der Waals surface area contributed by atoms with Gasteiger partial charge in [0.1, 0.15) is 5.75 Å². The van der Waals surface area contributed by atoms with Gasteiger partial charge in [-0.3, -0.25) is 9.80 Å². The first-order valence-electron chi connectivity index (χ1n) is 10.9. The zero-order chi connectivity index (χ0) is 23.8. The van der Waals surface area contributed by atoms with Gasteiger partial charge >= 0.3 is 5.97 Å². The van der Waals surface area contributed by atoms with Crippen LogP contribution in [0, 0.1) is 6.92 Å². The summed E-state index contributed by atoms with van der Waals surface area (Å²) in [5, 5.41) is 1.18. The van der Waals surface area contributed by atoms with Gasteiger partial charge in [-0.25, -0.2) is 13.6 Å². The van der Waals surface area contributed by atoms with E-state index in [2.05, 4.69) is 33.7 Å². The lowest BCUT2D eigenvalue weighted by Crippen LogP contribution is -2.47. The maximum atomic E-state index is 12.5. The molecule has 0 atom stereocenters. The SMILES string of the molecule is COC(=O)c1ccccc1.COc1cc(C)c2[nH]ccc2c1CN1CCN(CC(F)F)CC1. The number of ether oxygens (including phenoxy) is 2. The van der Waals surface area contributed by atoms with Crippen molar-refractivity contribution in [3.05, 3.63) is 65.4 Å². The van der Waals surface area contributed by atoms with Crippen LogP contribution >= 0.6 is 0 Å². The summed E-state index contributed by atoms with van der Waals surface area (Å²) in [4.78, 5) is 18.2. The number of fused-ring (bicyclic) bond motifs is 1. The first-order valence-corrected chi connectivity index (χ1v) is 10.9. The van der Waals surface area contributed by atoms with Crippen LogP contribution in [0.1, 0.15) is 21.5 Å². The highest BCUT2D eigenvalue weighted by Gasteiger charge is 2.22. The molecule has 0 spiro atoms. The van der Waals surface area contributed by atoms with Gasteiger partial charge in [0.05, 0.1) is 26.3 Å². The van der Waals surface area contributed by atoms with Gasteiger partial charge in [-0.1, -0.05) is 18.2 Å². The molecule has 178 valence electrons. The van der Waals surface area contributed by atoms with Crippen LogP contribution in [0.25, 0.3) is 10.9 Å². The van der Waals surface area contributed by atoms with Crippen LogP contribution in [0.4, 0.5) is 8.78 Å². The number of hydrogen-bond acceptors (Lipinski definition) is 5. The minimum absolute atomic E-state index is 0.121. The molecule has 0 bridgehead atoms. The number of carbonyl (C=O) groups excluding carboxylic acids is 1. The number of hydrogen-bond donors (Lipinski definition) is 1. The summed E-state index contributed by atoms with van der Waals surface area (Å²) in [6.45, 7) is 5.70. The Kier molecular flexibility index (Phi) is 8.79. The molecule has 8 heteroatoms. The Morgan fingerprint density at radius 1 is 1.06 bits per heavy atom. The molecule has 0 aliphatic carbocycles. The average molecular weight is 460 g/mol. The van der Waals surface area contributed by atoms with Crippen molar-refractivity contribution in [2.45, 2.75) is 19.9 Å². The van der Waals surface area contributed by atoms with Crippen molar-refractivity contribution in [2.24, 2.45) is 0 Å². The molecule has 33 heavy (non-hydrogen) atoms. The predicted octanol–water partition coefficient (Wildman–Crippen LogP) is 4.34. The Hall–Kier alpha value is -2.97. The predicted molar refractivity (Wildman–Crippen MR) is 125 cm³/mol. The molecule has 0 unspecified atom stereocenters. The number of aromatic amines is 1. The van der Waals surface area contributed by atoms with Crippen molar-refractivity contribution in [3.8, 4) is 5.75 Å². The van der Waals surface area contributed by atoms with E-state index in [1.807, 2.05) is 17.2 Å². The smallest absolute Gasteiger partial charge is 0.337 e. The van der Waals surface area contributed by atoms with Crippen LogP contribution < -0.4 is 4.74 Å². The van der Waals surface area contributed by atoms with Gasteiger partial charge in [-0.2, -0.15) is 0 Å². The zero-order valence-electron chi connectivity index (χ0n) is 19.3. The standard InChI is InChI=1S/C17H23F2N3O.C8H8O2/c1-12-9-15(23-2)14(13-3-4-20-17(12)13)10-21-5-7-22(8-6-21)11-16(18)19;1-10-8(9)7-5-3-2-4-6-7/h3-4,9,16,20H,5-8,10-11H2,1-2H3;2-6H,1H3. The third-order valence-electron chi connectivity index (χ3n) is 5.77. The van der Waals surface area contributed by atoms with E-state index in [0.717, 1.165) is 42.0 Å². The highest BCUT2D eigenvalue weighted by atomic mass is 19.3. The lowest BCUT2D eigenvalue weighted by Gasteiger charge is -2.34.